The van der Waals surface area contributed by atoms with Gasteiger partial charge in [0.05, 0.1) is 18.4 Å². The largest absolute Gasteiger partial charge is 0.303 e. The summed E-state index contributed by atoms with van der Waals surface area (Å²) in [5, 5.41) is 4.50. The van der Waals surface area contributed by atoms with Gasteiger partial charge >= 0.3 is 0 Å². The number of rotatable bonds is 6. The molecule has 1 fully saturated rings. The first-order chi connectivity index (χ1) is 8.79. The predicted octanol–water partition coefficient (Wildman–Crippen LogP) is 2.97. The molecule has 0 aromatic carbocycles. The summed E-state index contributed by atoms with van der Waals surface area (Å²) in [6.45, 7) is 5.31. The quantitative estimate of drug-likeness (QED) is 0.727. The van der Waals surface area contributed by atoms with Crippen LogP contribution in [0.1, 0.15) is 43.8 Å². The average molecular weight is 253 g/mol. The Morgan fingerprint density at radius 2 is 2.06 bits per heavy atom. The molecule has 0 spiro atoms. The topological polar surface area (TPSA) is 21.1 Å². The molecule has 0 atom stereocenters. The number of likely N-dealkylation sites (tertiary alicyclic amines) is 1. The summed E-state index contributed by atoms with van der Waals surface area (Å²) in [6, 6.07) is 2.64. The van der Waals surface area contributed by atoms with E-state index in [9.17, 15) is 4.39 Å². The highest BCUT2D eigenvalue weighted by Crippen LogP contribution is 2.22. The molecule has 1 aliphatic rings. The zero-order valence-corrected chi connectivity index (χ0v) is 11.3. The number of unbranched alkanes of at least 4 members (excludes halogenated alkanes) is 2. The molecule has 0 N–H and O–H groups in total. The lowest BCUT2D eigenvalue weighted by Crippen LogP contribution is -2.35. The summed E-state index contributed by atoms with van der Waals surface area (Å²) in [4.78, 5) is 2.51. The smallest absolute Gasteiger partial charge is 0.0894 e. The van der Waals surface area contributed by atoms with Crippen molar-refractivity contribution < 1.29 is 4.39 Å². The molecule has 0 unspecified atom stereocenters. The van der Waals surface area contributed by atoms with Crippen LogP contribution in [0.2, 0.25) is 0 Å². The molecule has 0 radical (unpaired) electrons. The third-order valence-corrected chi connectivity index (χ3v) is 3.78. The van der Waals surface area contributed by atoms with Crippen molar-refractivity contribution in [2.45, 2.75) is 45.1 Å². The van der Waals surface area contributed by atoms with Crippen molar-refractivity contribution >= 4 is 0 Å². The minimum Gasteiger partial charge on any atom is -0.303 e. The second kappa shape index (κ2) is 6.88. The molecule has 0 saturated carbocycles. The highest BCUT2D eigenvalue weighted by molar-refractivity contribution is 4.96. The molecule has 1 aromatic rings. The maximum absolute atomic E-state index is 12.0. The van der Waals surface area contributed by atoms with Crippen molar-refractivity contribution in [1.29, 1.82) is 0 Å². The standard InChI is InChI=1S/C14H24FN3/c1-13-5-12-18(16-13)14-6-10-17(11-7-14)9-4-2-3-8-15/h5,12,14H,2-4,6-11H2,1H3. The normalized spacial score (nSPS) is 18.3. The first-order valence-electron chi connectivity index (χ1n) is 7.09. The lowest BCUT2D eigenvalue weighted by atomic mass is 10.0. The Morgan fingerprint density at radius 1 is 1.28 bits per heavy atom. The van der Waals surface area contributed by atoms with Gasteiger partial charge in [0, 0.05) is 19.3 Å². The van der Waals surface area contributed by atoms with Gasteiger partial charge < -0.3 is 4.90 Å². The first-order valence-corrected chi connectivity index (χ1v) is 7.09. The SMILES string of the molecule is Cc1ccn(C2CCN(CCCCCF)CC2)n1. The van der Waals surface area contributed by atoms with Crippen LogP contribution in [0, 0.1) is 6.92 Å². The van der Waals surface area contributed by atoms with Gasteiger partial charge in [-0.05, 0) is 51.6 Å². The first kappa shape index (κ1) is 13.5. The van der Waals surface area contributed by atoms with Crippen LogP contribution in [-0.2, 0) is 0 Å². The van der Waals surface area contributed by atoms with Crippen LogP contribution in [0.4, 0.5) is 4.39 Å². The Kier molecular flexibility index (Phi) is 5.17. The number of aromatic nitrogens is 2. The van der Waals surface area contributed by atoms with E-state index in [1.54, 1.807) is 0 Å². The van der Waals surface area contributed by atoms with Gasteiger partial charge in [-0.25, -0.2) is 0 Å². The lowest BCUT2D eigenvalue weighted by Gasteiger charge is -2.32. The van der Waals surface area contributed by atoms with E-state index in [-0.39, 0.29) is 6.67 Å². The van der Waals surface area contributed by atoms with Crippen LogP contribution in [-0.4, -0.2) is 41.0 Å². The molecule has 1 saturated heterocycles. The Bertz CT molecular complexity index is 343. The fourth-order valence-corrected chi connectivity index (χ4v) is 2.65. The molecule has 2 rings (SSSR count). The number of nitrogens with zero attached hydrogens (tertiary/aromatic N) is 3. The highest BCUT2D eigenvalue weighted by atomic mass is 19.1. The Morgan fingerprint density at radius 3 is 2.67 bits per heavy atom. The molecule has 2 heterocycles. The average Bonchev–Trinajstić information content (AvgIpc) is 2.82. The van der Waals surface area contributed by atoms with E-state index in [2.05, 4.69) is 26.9 Å². The molecule has 102 valence electrons. The second-order valence-electron chi connectivity index (χ2n) is 5.26. The van der Waals surface area contributed by atoms with E-state index in [1.165, 1.54) is 12.8 Å². The van der Waals surface area contributed by atoms with Crippen molar-refractivity contribution in [3.8, 4) is 0 Å². The Hall–Kier alpha value is -0.900. The molecule has 1 aromatic heterocycles. The fourth-order valence-electron chi connectivity index (χ4n) is 2.65. The van der Waals surface area contributed by atoms with Gasteiger partial charge in [0.15, 0.2) is 0 Å². The molecule has 0 amide bonds. The number of halogens is 1. The van der Waals surface area contributed by atoms with E-state index in [1.807, 2.05) is 6.92 Å². The van der Waals surface area contributed by atoms with E-state index >= 15 is 0 Å². The second-order valence-corrected chi connectivity index (χ2v) is 5.26. The van der Waals surface area contributed by atoms with Crippen LogP contribution in [0.15, 0.2) is 12.3 Å². The summed E-state index contributed by atoms with van der Waals surface area (Å²) < 4.78 is 14.1. The van der Waals surface area contributed by atoms with E-state index in [0.717, 1.165) is 44.6 Å². The van der Waals surface area contributed by atoms with Crippen LogP contribution in [0.25, 0.3) is 0 Å². The lowest BCUT2D eigenvalue weighted by molar-refractivity contribution is 0.176. The van der Waals surface area contributed by atoms with Crippen LogP contribution in [0.3, 0.4) is 0 Å². The monoisotopic (exact) mass is 253 g/mol. The summed E-state index contributed by atoms with van der Waals surface area (Å²) in [5.41, 5.74) is 1.10. The highest BCUT2D eigenvalue weighted by Gasteiger charge is 2.20. The number of hydrogen-bond donors (Lipinski definition) is 0. The van der Waals surface area contributed by atoms with Crippen LogP contribution >= 0.6 is 0 Å². The third-order valence-electron chi connectivity index (χ3n) is 3.78. The fraction of sp³-hybridized carbons (Fsp3) is 0.786. The van der Waals surface area contributed by atoms with Crippen LogP contribution in [0.5, 0.6) is 0 Å². The van der Waals surface area contributed by atoms with Gasteiger partial charge in [0.2, 0.25) is 0 Å². The number of hydrogen-bond acceptors (Lipinski definition) is 2. The van der Waals surface area contributed by atoms with E-state index < -0.39 is 0 Å². The zero-order chi connectivity index (χ0) is 12.8. The summed E-state index contributed by atoms with van der Waals surface area (Å²) >= 11 is 0. The summed E-state index contributed by atoms with van der Waals surface area (Å²) in [7, 11) is 0. The van der Waals surface area contributed by atoms with Gasteiger partial charge in [-0.15, -0.1) is 0 Å². The molecule has 1 aliphatic heterocycles. The van der Waals surface area contributed by atoms with Gasteiger partial charge in [-0.3, -0.25) is 9.07 Å². The molecule has 0 aliphatic carbocycles. The van der Waals surface area contributed by atoms with Crippen molar-refractivity contribution in [2.24, 2.45) is 0 Å². The Balaban J connectivity index is 1.68. The van der Waals surface area contributed by atoms with Crippen LogP contribution < -0.4 is 0 Å². The molecular weight excluding hydrogens is 229 g/mol. The summed E-state index contributed by atoms with van der Waals surface area (Å²) in [5.74, 6) is 0. The molecular formula is C14H24FN3. The summed E-state index contributed by atoms with van der Waals surface area (Å²) in [6.07, 6.45) is 7.35. The predicted molar refractivity (Wildman–Crippen MR) is 71.5 cm³/mol. The van der Waals surface area contributed by atoms with E-state index in [0.29, 0.717) is 6.04 Å². The van der Waals surface area contributed by atoms with E-state index in [4.69, 9.17) is 0 Å². The molecule has 0 bridgehead atoms. The van der Waals surface area contributed by atoms with Crippen molar-refractivity contribution in [2.75, 3.05) is 26.3 Å². The molecule has 4 heteroatoms. The minimum absolute atomic E-state index is 0.166. The maximum Gasteiger partial charge on any atom is 0.0894 e. The van der Waals surface area contributed by atoms with Crippen molar-refractivity contribution in [1.82, 2.24) is 14.7 Å². The number of piperidine rings is 1. The Labute approximate surface area is 109 Å². The number of aryl methyl sites for hydroxylation is 1. The minimum atomic E-state index is -0.166. The molecule has 3 nitrogen and oxygen atoms in total. The van der Waals surface area contributed by atoms with Crippen molar-refractivity contribution in [3.63, 3.8) is 0 Å². The van der Waals surface area contributed by atoms with Gasteiger partial charge in [0.25, 0.3) is 0 Å². The molecule has 18 heavy (non-hydrogen) atoms. The maximum atomic E-state index is 12.0. The van der Waals surface area contributed by atoms with Gasteiger partial charge in [-0.1, -0.05) is 0 Å². The van der Waals surface area contributed by atoms with Crippen molar-refractivity contribution in [3.05, 3.63) is 18.0 Å². The third kappa shape index (κ3) is 3.80. The van der Waals surface area contributed by atoms with Gasteiger partial charge in [-0.2, -0.15) is 5.10 Å². The zero-order valence-electron chi connectivity index (χ0n) is 11.3. The number of alkyl halides is 1. The van der Waals surface area contributed by atoms with Gasteiger partial charge in [0.1, 0.15) is 0 Å².